The molecular weight excluding hydrogens is 357 g/mol. The van der Waals surface area contributed by atoms with Crippen LogP contribution in [0.4, 0.5) is 19.1 Å². The second kappa shape index (κ2) is 5.97. The van der Waals surface area contributed by atoms with E-state index in [2.05, 4.69) is 20.4 Å². The molecule has 0 fully saturated rings. The zero-order valence-electron chi connectivity index (χ0n) is 14.7. The molecule has 0 saturated carbocycles. The normalized spacial score (nSPS) is 12.8. The van der Waals surface area contributed by atoms with Gasteiger partial charge in [-0.1, -0.05) is 0 Å². The fraction of sp³-hybridized carbons (Fsp3) is 0.278. The highest BCUT2D eigenvalue weighted by Crippen LogP contribution is 2.37. The second-order valence-electron chi connectivity index (χ2n) is 6.99. The van der Waals surface area contributed by atoms with Crippen LogP contribution in [0, 0.1) is 5.41 Å². The number of alkyl halides is 3. The number of hydrogen-bond acceptors (Lipinski definition) is 4. The number of fused-ring (bicyclic) bond motifs is 2. The Labute approximate surface area is 152 Å². The Morgan fingerprint density at radius 3 is 2.67 bits per heavy atom. The predicted molar refractivity (Wildman–Crippen MR) is 95.5 cm³/mol. The molecule has 6 nitrogen and oxygen atoms in total. The number of anilines is 1. The van der Waals surface area contributed by atoms with Crippen molar-refractivity contribution in [1.82, 2.24) is 24.0 Å². The Morgan fingerprint density at radius 1 is 1.07 bits per heavy atom. The van der Waals surface area contributed by atoms with Gasteiger partial charge in [-0.25, -0.2) is 14.5 Å². The second-order valence-corrected chi connectivity index (χ2v) is 6.99. The molecule has 0 amide bonds. The highest BCUT2D eigenvalue weighted by Gasteiger charge is 2.47. The van der Waals surface area contributed by atoms with E-state index < -0.39 is 11.6 Å². The van der Waals surface area contributed by atoms with Crippen molar-refractivity contribution in [2.45, 2.75) is 20.0 Å². The topological polar surface area (TPSA) is 59.5 Å². The third kappa shape index (κ3) is 3.09. The van der Waals surface area contributed by atoms with E-state index in [0.717, 1.165) is 36.1 Å². The maximum absolute atomic E-state index is 13.0. The van der Waals surface area contributed by atoms with Gasteiger partial charge in [-0.05, 0) is 32.0 Å². The minimum Gasteiger partial charge on any atom is -0.352 e. The summed E-state index contributed by atoms with van der Waals surface area (Å²) in [6, 6.07) is 5.76. The van der Waals surface area contributed by atoms with Crippen molar-refractivity contribution in [2.24, 2.45) is 5.41 Å². The van der Waals surface area contributed by atoms with Gasteiger partial charge in [0.2, 0.25) is 5.95 Å². The molecule has 0 aliphatic carbocycles. The lowest BCUT2D eigenvalue weighted by Gasteiger charge is -2.27. The SMILES string of the molecule is CC(C)(CNc1ncc2c(-c3ccc4nccn4c3)ccn2n1)C(F)(F)F. The van der Waals surface area contributed by atoms with Crippen LogP contribution in [-0.2, 0) is 0 Å². The summed E-state index contributed by atoms with van der Waals surface area (Å²) in [6.07, 6.45) is 4.58. The molecule has 0 unspecified atom stereocenters. The summed E-state index contributed by atoms with van der Waals surface area (Å²) >= 11 is 0. The van der Waals surface area contributed by atoms with E-state index in [1.54, 1.807) is 23.1 Å². The summed E-state index contributed by atoms with van der Waals surface area (Å²) in [6.45, 7) is 1.96. The Bertz CT molecular complexity index is 1110. The third-order valence-corrected chi connectivity index (χ3v) is 4.57. The van der Waals surface area contributed by atoms with Crippen LogP contribution in [0.2, 0.25) is 0 Å². The lowest BCUT2D eigenvalue weighted by molar-refractivity contribution is -0.206. The molecule has 27 heavy (non-hydrogen) atoms. The van der Waals surface area contributed by atoms with Gasteiger partial charge >= 0.3 is 6.18 Å². The number of hydrogen-bond donors (Lipinski definition) is 1. The molecule has 0 atom stereocenters. The number of imidazole rings is 1. The molecule has 140 valence electrons. The van der Waals surface area contributed by atoms with Gasteiger partial charge in [-0.3, -0.25) is 0 Å². The summed E-state index contributed by atoms with van der Waals surface area (Å²) in [4.78, 5) is 8.39. The van der Waals surface area contributed by atoms with Gasteiger partial charge in [0.25, 0.3) is 0 Å². The summed E-state index contributed by atoms with van der Waals surface area (Å²) in [5.41, 5.74) is 1.61. The highest BCUT2D eigenvalue weighted by atomic mass is 19.4. The van der Waals surface area contributed by atoms with Gasteiger partial charge in [0.15, 0.2) is 0 Å². The summed E-state index contributed by atoms with van der Waals surface area (Å²) in [5, 5.41) is 6.94. The van der Waals surface area contributed by atoms with Crippen LogP contribution < -0.4 is 5.32 Å². The van der Waals surface area contributed by atoms with Crippen LogP contribution in [0.3, 0.4) is 0 Å². The van der Waals surface area contributed by atoms with Gasteiger partial charge in [0.05, 0.1) is 17.1 Å². The standard InChI is InChI=1S/C18H17F3N6/c1-17(2,18(19,20)21)11-24-16-23-9-14-13(5-7-27(14)25-16)12-3-4-15-22-6-8-26(15)10-12/h3-10H,11H2,1-2H3,(H,24,25). The number of nitrogens with one attached hydrogen (secondary N) is 1. The summed E-state index contributed by atoms with van der Waals surface area (Å²) in [5.74, 6) is 0.145. The average Bonchev–Trinajstić information content (AvgIpc) is 3.24. The Morgan fingerprint density at radius 2 is 1.89 bits per heavy atom. The zero-order chi connectivity index (χ0) is 19.2. The molecule has 0 aliphatic rings. The number of halogens is 3. The maximum Gasteiger partial charge on any atom is 0.395 e. The van der Waals surface area contributed by atoms with Crippen molar-refractivity contribution < 1.29 is 13.2 Å². The Kier molecular flexibility index (Phi) is 3.83. The lowest BCUT2D eigenvalue weighted by atomic mass is 9.93. The fourth-order valence-corrected chi connectivity index (χ4v) is 2.70. The molecule has 4 rings (SSSR count). The molecule has 0 radical (unpaired) electrons. The Hall–Kier alpha value is -3.10. The predicted octanol–water partition coefficient (Wildman–Crippen LogP) is 4.04. The molecule has 0 saturated heterocycles. The molecule has 0 bridgehead atoms. The van der Waals surface area contributed by atoms with Gasteiger partial charge in [0.1, 0.15) is 5.65 Å². The Balaban J connectivity index is 1.62. The van der Waals surface area contributed by atoms with Crippen molar-refractivity contribution in [3.8, 4) is 11.1 Å². The average molecular weight is 374 g/mol. The zero-order valence-corrected chi connectivity index (χ0v) is 14.7. The minimum atomic E-state index is -4.31. The number of aromatic nitrogens is 5. The van der Waals surface area contributed by atoms with Crippen molar-refractivity contribution in [1.29, 1.82) is 0 Å². The van der Waals surface area contributed by atoms with Crippen LogP contribution in [0.15, 0.2) is 49.2 Å². The molecule has 0 aliphatic heterocycles. The maximum atomic E-state index is 13.0. The van der Waals surface area contributed by atoms with E-state index in [9.17, 15) is 13.2 Å². The molecular formula is C18H17F3N6. The first kappa shape index (κ1) is 17.3. The molecule has 9 heteroatoms. The lowest BCUT2D eigenvalue weighted by Crippen LogP contribution is -2.38. The summed E-state index contributed by atoms with van der Waals surface area (Å²) in [7, 11) is 0. The number of pyridine rings is 1. The molecule has 4 aromatic rings. The van der Waals surface area contributed by atoms with Crippen LogP contribution in [0.5, 0.6) is 0 Å². The molecule has 4 heterocycles. The first-order chi connectivity index (χ1) is 12.7. The fourth-order valence-electron chi connectivity index (χ4n) is 2.70. The quantitative estimate of drug-likeness (QED) is 0.586. The largest absolute Gasteiger partial charge is 0.395 e. The van der Waals surface area contributed by atoms with Crippen LogP contribution in [-0.4, -0.2) is 36.7 Å². The summed E-state index contributed by atoms with van der Waals surface area (Å²) < 4.78 is 42.4. The van der Waals surface area contributed by atoms with E-state index >= 15 is 0 Å². The first-order valence-electron chi connectivity index (χ1n) is 8.33. The van der Waals surface area contributed by atoms with Gasteiger partial charge < -0.3 is 9.72 Å². The highest BCUT2D eigenvalue weighted by molar-refractivity contribution is 5.80. The minimum absolute atomic E-state index is 0.145. The van der Waals surface area contributed by atoms with Crippen LogP contribution in [0.25, 0.3) is 22.3 Å². The van der Waals surface area contributed by atoms with Gasteiger partial charge in [-0.15, -0.1) is 5.10 Å². The van der Waals surface area contributed by atoms with Crippen LogP contribution in [0.1, 0.15) is 13.8 Å². The molecule has 0 aromatic carbocycles. The third-order valence-electron chi connectivity index (χ3n) is 4.57. The van der Waals surface area contributed by atoms with Crippen LogP contribution >= 0.6 is 0 Å². The van der Waals surface area contributed by atoms with Gasteiger partial charge in [-0.2, -0.15) is 13.2 Å². The monoisotopic (exact) mass is 374 g/mol. The molecule has 1 N–H and O–H groups in total. The number of rotatable bonds is 4. The molecule has 4 aromatic heterocycles. The van der Waals surface area contributed by atoms with E-state index in [4.69, 9.17) is 0 Å². The van der Waals surface area contributed by atoms with Crippen molar-refractivity contribution in [2.75, 3.05) is 11.9 Å². The first-order valence-corrected chi connectivity index (χ1v) is 8.33. The van der Waals surface area contributed by atoms with Crippen molar-refractivity contribution in [3.63, 3.8) is 0 Å². The number of nitrogens with zero attached hydrogens (tertiary/aromatic N) is 5. The van der Waals surface area contributed by atoms with Crippen molar-refractivity contribution in [3.05, 3.63) is 49.2 Å². The van der Waals surface area contributed by atoms with E-state index in [-0.39, 0.29) is 12.5 Å². The van der Waals surface area contributed by atoms with E-state index in [0.29, 0.717) is 0 Å². The van der Waals surface area contributed by atoms with Gasteiger partial charge in [0, 0.05) is 42.5 Å². The molecule has 0 spiro atoms. The van der Waals surface area contributed by atoms with Crippen molar-refractivity contribution >= 4 is 17.1 Å². The van der Waals surface area contributed by atoms with E-state index in [1.807, 2.05) is 35.0 Å². The van der Waals surface area contributed by atoms with E-state index in [1.165, 1.54) is 0 Å². The smallest absolute Gasteiger partial charge is 0.352 e.